The Morgan fingerprint density at radius 2 is 1.81 bits per heavy atom. The van der Waals surface area contributed by atoms with Gasteiger partial charge in [-0.1, -0.05) is 18.5 Å². The first kappa shape index (κ1) is 17.8. The second kappa shape index (κ2) is 7.13. The van der Waals surface area contributed by atoms with E-state index in [0.717, 1.165) is 10.6 Å². The number of anilines is 1. The van der Waals surface area contributed by atoms with E-state index in [4.69, 9.17) is 11.6 Å². The fraction of sp³-hybridized carbons (Fsp3) is 0.500. The highest BCUT2D eigenvalue weighted by Gasteiger charge is 2.31. The van der Waals surface area contributed by atoms with E-state index in [2.05, 4.69) is 5.32 Å². The minimum absolute atomic E-state index is 0.0572. The van der Waals surface area contributed by atoms with Gasteiger partial charge in [-0.2, -0.15) is 0 Å². The number of rotatable bonds is 6. The van der Waals surface area contributed by atoms with Gasteiger partial charge in [-0.3, -0.25) is 9.10 Å². The van der Waals surface area contributed by atoms with Gasteiger partial charge in [0.2, 0.25) is 15.9 Å². The summed E-state index contributed by atoms with van der Waals surface area (Å²) in [4.78, 5) is 12.3. The molecule has 1 amide bonds. The van der Waals surface area contributed by atoms with Crippen LogP contribution in [0.2, 0.25) is 5.02 Å². The molecular weight excluding hydrogens is 312 g/mol. The van der Waals surface area contributed by atoms with Crippen molar-refractivity contribution in [3.05, 3.63) is 29.3 Å². The van der Waals surface area contributed by atoms with E-state index in [1.807, 2.05) is 13.8 Å². The fourth-order valence-electron chi connectivity index (χ4n) is 2.03. The van der Waals surface area contributed by atoms with Crippen molar-refractivity contribution in [1.29, 1.82) is 0 Å². The van der Waals surface area contributed by atoms with Gasteiger partial charge in [0, 0.05) is 11.1 Å². The fourth-order valence-corrected chi connectivity index (χ4v) is 3.37. The van der Waals surface area contributed by atoms with Crippen molar-refractivity contribution in [2.75, 3.05) is 10.6 Å². The number of amides is 1. The number of hydrogen-bond donors (Lipinski definition) is 1. The maximum Gasteiger partial charge on any atom is 0.244 e. The Morgan fingerprint density at radius 3 is 2.19 bits per heavy atom. The number of halogens is 1. The number of carbonyl (C=O) groups is 1. The summed E-state index contributed by atoms with van der Waals surface area (Å²) in [6, 6.07) is 5.54. The van der Waals surface area contributed by atoms with Crippen LogP contribution in [0.3, 0.4) is 0 Å². The van der Waals surface area contributed by atoms with E-state index in [9.17, 15) is 13.2 Å². The van der Waals surface area contributed by atoms with Gasteiger partial charge in [-0.15, -0.1) is 0 Å². The molecule has 0 spiro atoms. The Bertz CT molecular complexity index is 585. The zero-order valence-electron chi connectivity index (χ0n) is 12.6. The van der Waals surface area contributed by atoms with Crippen LogP contribution in [0.4, 0.5) is 5.69 Å². The number of nitrogens with zero attached hydrogens (tertiary/aromatic N) is 1. The maximum absolute atomic E-state index is 12.3. The number of nitrogens with one attached hydrogen (secondary N) is 1. The Morgan fingerprint density at radius 1 is 1.29 bits per heavy atom. The van der Waals surface area contributed by atoms with E-state index < -0.39 is 16.1 Å². The summed E-state index contributed by atoms with van der Waals surface area (Å²) in [6.45, 7) is 5.44. The Labute approximate surface area is 131 Å². The summed E-state index contributed by atoms with van der Waals surface area (Å²) in [5, 5.41) is 3.26. The van der Waals surface area contributed by atoms with Gasteiger partial charge in [-0.25, -0.2) is 8.42 Å². The summed E-state index contributed by atoms with van der Waals surface area (Å²) in [7, 11) is -3.59. The van der Waals surface area contributed by atoms with Crippen LogP contribution in [0.15, 0.2) is 24.3 Å². The molecule has 1 atom stereocenters. The van der Waals surface area contributed by atoms with Crippen molar-refractivity contribution in [1.82, 2.24) is 5.32 Å². The lowest BCUT2D eigenvalue weighted by atomic mass is 10.2. The topological polar surface area (TPSA) is 66.5 Å². The highest BCUT2D eigenvalue weighted by atomic mass is 35.5. The standard InChI is InChI=1S/C14H21ClN2O3S/c1-5-13(14(18)16-10(2)3)17(21(4,19)20)12-8-6-11(15)7-9-12/h6-10,13H,5H2,1-4H3,(H,16,18)/t13-/m0/s1. The molecule has 0 radical (unpaired) electrons. The third kappa shape index (κ3) is 4.89. The Kier molecular flexibility index (Phi) is 6.04. The lowest BCUT2D eigenvalue weighted by Crippen LogP contribution is -2.50. The lowest BCUT2D eigenvalue weighted by Gasteiger charge is -2.30. The van der Waals surface area contributed by atoms with Crippen LogP contribution in [-0.4, -0.2) is 32.7 Å². The molecule has 1 aromatic carbocycles. The maximum atomic E-state index is 12.3. The summed E-state index contributed by atoms with van der Waals surface area (Å²) >= 11 is 5.83. The van der Waals surface area contributed by atoms with Gasteiger partial charge in [0.1, 0.15) is 6.04 Å². The Hall–Kier alpha value is -1.27. The number of benzene rings is 1. The van der Waals surface area contributed by atoms with Gasteiger partial charge in [0.15, 0.2) is 0 Å². The molecule has 0 aliphatic heterocycles. The second-order valence-corrected chi connectivity index (χ2v) is 7.42. The molecule has 0 aromatic heterocycles. The molecule has 0 saturated carbocycles. The molecule has 0 unspecified atom stereocenters. The molecule has 21 heavy (non-hydrogen) atoms. The molecule has 5 nitrogen and oxygen atoms in total. The molecule has 1 N–H and O–H groups in total. The van der Waals surface area contributed by atoms with Crippen molar-refractivity contribution >= 4 is 33.2 Å². The molecule has 1 rings (SSSR count). The molecule has 0 heterocycles. The van der Waals surface area contributed by atoms with E-state index in [-0.39, 0.29) is 11.9 Å². The first-order chi connectivity index (χ1) is 9.66. The summed E-state index contributed by atoms with van der Waals surface area (Å²) in [5.74, 6) is -0.312. The second-order valence-electron chi connectivity index (χ2n) is 5.12. The Balaban J connectivity index is 3.23. The van der Waals surface area contributed by atoms with Crippen molar-refractivity contribution in [3.63, 3.8) is 0 Å². The molecule has 0 saturated heterocycles. The van der Waals surface area contributed by atoms with E-state index in [1.54, 1.807) is 31.2 Å². The van der Waals surface area contributed by atoms with Crippen molar-refractivity contribution < 1.29 is 13.2 Å². The minimum Gasteiger partial charge on any atom is -0.352 e. The molecule has 7 heteroatoms. The van der Waals surface area contributed by atoms with Crippen LogP contribution in [-0.2, 0) is 14.8 Å². The highest BCUT2D eigenvalue weighted by molar-refractivity contribution is 7.92. The van der Waals surface area contributed by atoms with Gasteiger partial charge < -0.3 is 5.32 Å². The first-order valence-electron chi connectivity index (χ1n) is 6.72. The average Bonchev–Trinajstić information content (AvgIpc) is 2.34. The van der Waals surface area contributed by atoms with Crippen LogP contribution in [0, 0.1) is 0 Å². The van der Waals surface area contributed by atoms with Crippen molar-refractivity contribution in [2.24, 2.45) is 0 Å². The molecule has 0 fully saturated rings. The summed E-state index contributed by atoms with van der Waals surface area (Å²) in [5.41, 5.74) is 0.424. The monoisotopic (exact) mass is 332 g/mol. The molecular formula is C14H21ClN2O3S. The van der Waals surface area contributed by atoms with Crippen LogP contribution >= 0.6 is 11.6 Å². The molecule has 0 aliphatic rings. The predicted octanol–water partition coefficient (Wildman–Crippen LogP) is 2.41. The van der Waals surface area contributed by atoms with Gasteiger partial charge in [-0.05, 0) is 44.5 Å². The molecule has 118 valence electrons. The third-order valence-electron chi connectivity index (χ3n) is 2.84. The third-order valence-corrected chi connectivity index (χ3v) is 4.27. The quantitative estimate of drug-likeness (QED) is 0.870. The van der Waals surface area contributed by atoms with E-state index in [1.165, 1.54) is 0 Å². The zero-order chi connectivity index (χ0) is 16.2. The highest BCUT2D eigenvalue weighted by Crippen LogP contribution is 2.24. The van der Waals surface area contributed by atoms with Crippen LogP contribution < -0.4 is 9.62 Å². The van der Waals surface area contributed by atoms with Crippen LogP contribution in [0.25, 0.3) is 0 Å². The smallest absolute Gasteiger partial charge is 0.244 e. The van der Waals surface area contributed by atoms with Gasteiger partial charge >= 0.3 is 0 Å². The molecule has 0 aliphatic carbocycles. The van der Waals surface area contributed by atoms with E-state index >= 15 is 0 Å². The number of hydrogen-bond acceptors (Lipinski definition) is 3. The number of sulfonamides is 1. The minimum atomic E-state index is -3.59. The normalized spacial score (nSPS) is 13.0. The van der Waals surface area contributed by atoms with Crippen LogP contribution in [0.1, 0.15) is 27.2 Å². The summed E-state index contributed by atoms with van der Waals surface area (Å²) in [6.07, 6.45) is 1.46. The first-order valence-corrected chi connectivity index (χ1v) is 8.94. The van der Waals surface area contributed by atoms with E-state index in [0.29, 0.717) is 17.1 Å². The van der Waals surface area contributed by atoms with Crippen molar-refractivity contribution in [3.8, 4) is 0 Å². The molecule has 1 aromatic rings. The van der Waals surface area contributed by atoms with Gasteiger partial charge in [0.05, 0.1) is 11.9 Å². The lowest BCUT2D eigenvalue weighted by molar-refractivity contribution is -0.122. The summed E-state index contributed by atoms with van der Waals surface area (Å²) < 4.78 is 25.4. The number of carbonyl (C=O) groups excluding carboxylic acids is 1. The predicted molar refractivity (Wildman–Crippen MR) is 86.1 cm³/mol. The molecule has 0 bridgehead atoms. The van der Waals surface area contributed by atoms with Crippen molar-refractivity contribution in [2.45, 2.75) is 39.3 Å². The zero-order valence-corrected chi connectivity index (χ0v) is 14.2. The largest absolute Gasteiger partial charge is 0.352 e. The van der Waals surface area contributed by atoms with Gasteiger partial charge in [0.25, 0.3) is 0 Å². The SMILES string of the molecule is CC[C@@H](C(=O)NC(C)C)N(c1ccc(Cl)cc1)S(C)(=O)=O. The average molecular weight is 333 g/mol. The van der Waals surface area contributed by atoms with Crippen LogP contribution in [0.5, 0.6) is 0 Å².